The first-order chi connectivity index (χ1) is 10.7. The lowest BCUT2D eigenvalue weighted by atomic mass is 10.0. The first-order valence-electron chi connectivity index (χ1n) is 6.86. The summed E-state index contributed by atoms with van der Waals surface area (Å²) in [6.45, 7) is 1.61. The van der Waals surface area contributed by atoms with Crippen LogP contribution in [0.4, 0.5) is 0 Å². The van der Waals surface area contributed by atoms with E-state index >= 15 is 0 Å². The van der Waals surface area contributed by atoms with Gasteiger partial charge < -0.3 is 5.11 Å². The second-order valence-corrected chi connectivity index (χ2v) is 9.07. The summed E-state index contributed by atoms with van der Waals surface area (Å²) in [5.41, 5.74) is 1.74. The molecule has 7 heteroatoms. The van der Waals surface area contributed by atoms with Gasteiger partial charge in [0.1, 0.15) is 6.10 Å². The fourth-order valence-corrected chi connectivity index (χ4v) is 4.08. The van der Waals surface area contributed by atoms with Crippen molar-refractivity contribution in [2.24, 2.45) is 0 Å². The van der Waals surface area contributed by atoms with Gasteiger partial charge in [0.05, 0.1) is 15.8 Å². The molecule has 2 rings (SSSR count). The van der Waals surface area contributed by atoms with Crippen LogP contribution in [-0.4, -0.2) is 19.3 Å². The SMILES string of the molecule is CCS(=O)(=O)Cc1ccc(C(O)c2cccc(Cl)c2Cl)c(Br)c1. The predicted molar refractivity (Wildman–Crippen MR) is 97.8 cm³/mol. The van der Waals surface area contributed by atoms with E-state index in [1.165, 1.54) is 0 Å². The lowest BCUT2D eigenvalue weighted by molar-refractivity contribution is 0.219. The Labute approximate surface area is 154 Å². The van der Waals surface area contributed by atoms with E-state index in [0.29, 0.717) is 31.2 Å². The van der Waals surface area contributed by atoms with E-state index in [1.54, 1.807) is 43.3 Å². The average Bonchev–Trinajstić information content (AvgIpc) is 2.49. The van der Waals surface area contributed by atoms with E-state index in [0.717, 1.165) is 0 Å². The Bertz CT molecular complexity index is 822. The molecule has 1 atom stereocenters. The van der Waals surface area contributed by atoms with Crippen LogP contribution in [0.1, 0.15) is 29.7 Å². The maximum Gasteiger partial charge on any atom is 0.154 e. The molecule has 0 spiro atoms. The lowest BCUT2D eigenvalue weighted by Crippen LogP contribution is -2.07. The molecule has 124 valence electrons. The van der Waals surface area contributed by atoms with Gasteiger partial charge in [-0.05, 0) is 23.3 Å². The van der Waals surface area contributed by atoms with Crippen LogP contribution in [-0.2, 0) is 15.6 Å². The lowest BCUT2D eigenvalue weighted by Gasteiger charge is -2.16. The van der Waals surface area contributed by atoms with Crippen molar-refractivity contribution < 1.29 is 13.5 Å². The minimum Gasteiger partial charge on any atom is -0.384 e. The van der Waals surface area contributed by atoms with Gasteiger partial charge in [0.15, 0.2) is 9.84 Å². The van der Waals surface area contributed by atoms with Crippen LogP contribution in [0.3, 0.4) is 0 Å². The zero-order chi connectivity index (χ0) is 17.2. The van der Waals surface area contributed by atoms with Gasteiger partial charge >= 0.3 is 0 Å². The molecule has 0 aromatic heterocycles. The summed E-state index contributed by atoms with van der Waals surface area (Å²) >= 11 is 15.5. The Balaban J connectivity index is 2.36. The van der Waals surface area contributed by atoms with Crippen molar-refractivity contribution in [3.05, 3.63) is 67.6 Å². The Morgan fingerprint density at radius 2 is 1.87 bits per heavy atom. The van der Waals surface area contributed by atoms with Crippen molar-refractivity contribution in [1.82, 2.24) is 0 Å². The Morgan fingerprint density at radius 1 is 1.17 bits per heavy atom. The standard InChI is InChI=1S/C16H15BrCl2O3S/c1-2-23(21,22)9-10-6-7-11(13(17)8-10)16(20)12-4-3-5-14(18)15(12)19/h3-8,16,20H,2,9H2,1H3. The molecule has 0 aliphatic carbocycles. The normalized spacial score (nSPS) is 13.1. The van der Waals surface area contributed by atoms with E-state index in [4.69, 9.17) is 23.2 Å². The number of aliphatic hydroxyl groups is 1. The monoisotopic (exact) mass is 436 g/mol. The summed E-state index contributed by atoms with van der Waals surface area (Å²) in [6, 6.07) is 10.1. The topological polar surface area (TPSA) is 54.4 Å². The van der Waals surface area contributed by atoms with Crippen molar-refractivity contribution in [2.75, 3.05) is 5.75 Å². The molecule has 1 N–H and O–H groups in total. The first kappa shape index (κ1) is 18.7. The van der Waals surface area contributed by atoms with Gasteiger partial charge in [0.2, 0.25) is 0 Å². The minimum atomic E-state index is -3.11. The van der Waals surface area contributed by atoms with Gasteiger partial charge in [0, 0.05) is 15.8 Å². The molecule has 0 saturated heterocycles. The Hall–Kier alpha value is -0.590. The molecule has 0 heterocycles. The maximum absolute atomic E-state index is 11.7. The van der Waals surface area contributed by atoms with E-state index in [9.17, 15) is 13.5 Å². The molecule has 0 bridgehead atoms. The zero-order valence-corrected chi connectivity index (χ0v) is 16.2. The molecule has 0 aliphatic rings. The van der Waals surface area contributed by atoms with Crippen LogP contribution in [0.2, 0.25) is 10.0 Å². The number of sulfone groups is 1. The van der Waals surface area contributed by atoms with Gasteiger partial charge in [0.25, 0.3) is 0 Å². The maximum atomic E-state index is 11.7. The van der Waals surface area contributed by atoms with E-state index < -0.39 is 15.9 Å². The fourth-order valence-electron chi connectivity index (χ4n) is 2.14. The van der Waals surface area contributed by atoms with Crippen molar-refractivity contribution in [3.63, 3.8) is 0 Å². The third-order valence-corrected chi connectivity index (χ3v) is 6.63. The van der Waals surface area contributed by atoms with Crippen LogP contribution in [0.5, 0.6) is 0 Å². The highest BCUT2D eigenvalue weighted by Crippen LogP contribution is 2.36. The first-order valence-corrected chi connectivity index (χ1v) is 10.2. The van der Waals surface area contributed by atoms with Gasteiger partial charge in [-0.3, -0.25) is 0 Å². The number of halogens is 3. The molecule has 0 amide bonds. The number of benzene rings is 2. The second kappa shape index (κ2) is 7.53. The minimum absolute atomic E-state index is 0.0314. The molecule has 23 heavy (non-hydrogen) atoms. The van der Waals surface area contributed by atoms with E-state index in [2.05, 4.69) is 15.9 Å². The largest absolute Gasteiger partial charge is 0.384 e. The Kier molecular flexibility index (Phi) is 6.14. The van der Waals surface area contributed by atoms with Crippen molar-refractivity contribution in [2.45, 2.75) is 18.8 Å². The summed E-state index contributed by atoms with van der Waals surface area (Å²) < 4.78 is 24.0. The molecular weight excluding hydrogens is 423 g/mol. The van der Waals surface area contributed by atoms with Crippen LogP contribution in [0.15, 0.2) is 40.9 Å². The molecule has 0 aliphatic heterocycles. The number of aliphatic hydroxyl groups excluding tert-OH is 1. The summed E-state index contributed by atoms with van der Waals surface area (Å²) in [5, 5.41) is 11.2. The average molecular weight is 438 g/mol. The van der Waals surface area contributed by atoms with E-state index in [1.807, 2.05) is 0 Å². The van der Waals surface area contributed by atoms with Gasteiger partial charge in [-0.25, -0.2) is 8.42 Å². The molecule has 0 saturated carbocycles. The number of hydrogen-bond acceptors (Lipinski definition) is 3. The van der Waals surface area contributed by atoms with Crippen molar-refractivity contribution in [3.8, 4) is 0 Å². The molecule has 2 aromatic carbocycles. The molecule has 2 aromatic rings. The van der Waals surface area contributed by atoms with Crippen molar-refractivity contribution in [1.29, 1.82) is 0 Å². The van der Waals surface area contributed by atoms with Crippen LogP contribution < -0.4 is 0 Å². The summed E-state index contributed by atoms with van der Waals surface area (Å²) in [6.07, 6.45) is -0.965. The molecule has 0 radical (unpaired) electrons. The molecular formula is C16H15BrCl2O3S. The summed E-state index contributed by atoms with van der Waals surface area (Å²) in [4.78, 5) is 0. The van der Waals surface area contributed by atoms with Gasteiger partial charge in [-0.1, -0.05) is 70.3 Å². The predicted octanol–water partition coefficient (Wildman–Crippen LogP) is 4.77. The fraction of sp³-hybridized carbons (Fsp3) is 0.250. The van der Waals surface area contributed by atoms with Gasteiger partial charge in [-0.2, -0.15) is 0 Å². The highest BCUT2D eigenvalue weighted by Gasteiger charge is 2.19. The third kappa shape index (κ3) is 4.48. The van der Waals surface area contributed by atoms with Crippen molar-refractivity contribution >= 4 is 49.0 Å². The molecule has 1 unspecified atom stereocenters. The smallest absolute Gasteiger partial charge is 0.154 e. The summed E-state index contributed by atoms with van der Waals surface area (Å²) in [7, 11) is -3.11. The highest BCUT2D eigenvalue weighted by atomic mass is 79.9. The third-order valence-electron chi connectivity index (χ3n) is 3.46. The number of hydrogen-bond donors (Lipinski definition) is 1. The van der Waals surface area contributed by atoms with Crippen LogP contribution in [0, 0.1) is 0 Å². The van der Waals surface area contributed by atoms with Gasteiger partial charge in [-0.15, -0.1) is 0 Å². The van der Waals surface area contributed by atoms with Crippen LogP contribution >= 0.6 is 39.1 Å². The highest BCUT2D eigenvalue weighted by molar-refractivity contribution is 9.10. The second-order valence-electron chi connectivity index (χ2n) is 5.08. The summed E-state index contributed by atoms with van der Waals surface area (Å²) in [5.74, 6) is 0.0590. The molecule has 3 nitrogen and oxygen atoms in total. The Morgan fingerprint density at radius 3 is 2.48 bits per heavy atom. The van der Waals surface area contributed by atoms with E-state index in [-0.39, 0.29) is 11.5 Å². The zero-order valence-electron chi connectivity index (χ0n) is 12.3. The van der Waals surface area contributed by atoms with Crippen LogP contribution in [0.25, 0.3) is 0 Å². The molecule has 0 fully saturated rings. The quantitative estimate of drug-likeness (QED) is 0.732. The number of rotatable bonds is 5.